The van der Waals surface area contributed by atoms with Gasteiger partial charge < -0.3 is 14.6 Å². The van der Waals surface area contributed by atoms with Crippen LogP contribution in [0.15, 0.2) is 12.2 Å². The molecule has 3 atom stereocenters. The van der Waals surface area contributed by atoms with Crippen LogP contribution in [0.1, 0.15) is 6.42 Å². The summed E-state index contributed by atoms with van der Waals surface area (Å²) in [6, 6.07) is 0. The molecular weight excluding hydrogens is 168 g/mol. The van der Waals surface area contributed by atoms with Crippen molar-refractivity contribution in [3.63, 3.8) is 0 Å². The maximum Gasteiger partial charge on any atom is 0.0631 e. The normalized spacial score (nSPS) is 33.6. The highest BCUT2D eigenvalue weighted by Crippen LogP contribution is 2.25. The predicted octanol–water partition coefficient (Wildman–Crippen LogP) is 0.832. The fourth-order valence-electron chi connectivity index (χ4n) is 1.79. The Morgan fingerprint density at radius 3 is 2.62 bits per heavy atom. The van der Waals surface area contributed by atoms with Crippen LogP contribution in [-0.2, 0) is 9.47 Å². The Balaban J connectivity index is 2.55. The van der Waals surface area contributed by atoms with Gasteiger partial charge in [0.25, 0.3) is 0 Å². The molecule has 0 unspecified atom stereocenters. The number of rotatable bonds is 4. The fourth-order valence-corrected chi connectivity index (χ4v) is 1.79. The summed E-state index contributed by atoms with van der Waals surface area (Å²) in [5, 5.41) is 9.71. The third-order valence-corrected chi connectivity index (χ3v) is 2.52. The summed E-state index contributed by atoms with van der Waals surface area (Å²) in [5.41, 5.74) is 0. The van der Waals surface area contributed by atoms with E-state index in [1.165, 1.54) is 0 Å². The van der Waals surface area contributed by atoms with Crippen molar-refractivity contribution in [3.05, 3.63) is 12.2 Å². The largest absolute Gasteiger partial charge is 0.392 e. The average Bonchev–Trinajstić information content (AvgIpc) is 2.11. The quantitative estimate of drug-likeness (QED) is 0.661. The zero-order valence-electron chi connectivity index (χ0n) is 8.27. The molecule has 0 aromatic heterocycles. The molecule has 0 saturated heterocycles. The first-order chi connectivity index (χ1) is 6.29. The van der Waals surface area contributed by atoms with Crippen LogP contribution in [0.5, 0.6) is 0 Å². The van der Waals surface area contributed by atoms with Gasteiger partial charge in [-0.25, -0.2) is 0 Å². The van der Waals surface area contributed by atoms with Crippen molar-refractivity contribution in [2.45, 2.75) is 12.5 Å². The van der Waals surface area contributed by atoms with E-state index < -0.39 is 0 Å². The van der Waals surface area contributed by atoms with Gasteiger partial charge in [-0.15, -0.1) is 0 Å². The average molecular weight is 186 g/mol. The minimum Gasteiger partial charge on any atom is -0.392 e. The maximum absolute atomic E-state index is 9.71. The molecule has 0 fully saturated rings. The minimum atomic E-state index is -0.287. The molecule has 13 heavy (non-hydrogen) atoms. The van der Waals surface area contributed by atoms with Crippen LogP contribution in [0.25, 0.3) is 0 Å². The van der Waals surface area contributed by atoms with Crippen molar-refractivity contribution in [2.24, 2.45) is 11.8 Å². The first-order valence-electron chi connectivity index (χ1n) is 4.62. The van der Waals surface area contributed by atoms with Crippen molar-refractivity contribution in [2.75, 3.05) is 27.4 Å². The van der Waals surface area contributed by atoms with E-state index in [4.69, 9.17) is 9.47 Å². The molecule has 0 heterocycles. The summed E-state index contributed by atoms with van der Waals surface area (Å²) in [4.78, 5) is 0. The molecule has 0 aliphatic heterocycles. The summed E-state index contributed by atoms with van der Waals surface area (Å²) in [7, 11) is 3.34. The van der Waals surface area contributed by atoms with Crippen LogP contribution in [0.3, 0.4) is 0 Å². The van der Waals surface area contributed by atoms with E-state index in [0.717, 1.165) is 6.42 Å². The highest BCUT2D eigenvalue weighted by Gasteiger charge is 2.28. The second-order valence-corrected chi connectivity index (χ2v) is 3.47. The standard InChI is InChI=1S/C10H18O3/c1-12-6-8-4-3-5-10(11)9(8)7-13-2/h3-4,8-11H,5-7H2,1-2H3/t8-,9+,10-/m0/s1. The first kappa shape index (κ1) is 10.7. The lowest BCUT2D eigenvalue weighted by molar-refractivity contribution is 0.00284. The van der Waals surface area contributed by atoms with Crippen LogP contribution >= 0.6 is 0 Å². The van der Waals surface area contributed by atoms with Crippen LogP contribution < -0.4 is 0 Å². The Morgan fingerprint density at radius 1 is 1.31 bits per heavy atom. The molecule has 0 radical (unpaired) electrons. The fraction of sp³-hybridized carbons (Fsp3) is 0.800. The van der Waals surface area contributed by atoms with E-state index in [-0.39, 0.29) is 17.9 Å². The smallest absolute Gasteiger partial charge is 0.0631 e. The highest BCUT2D eigenvalue weighted by molar-refractivity contribution is 5.00. The first-order valence-corrected chi connectivity index (χ1v) is 4.62. The Morgan fingerprint density at radius 2 is 2.00 bits per heavy atom. The van der Waals surface area contributed by atoms with Gasteiger partial charge >= 0.3 is 0 Å². The van der Waals surface area contributed by atoms with Crippen molar-refractivity contribution < 1.29 is 14.6 Å². The summed E-state index contributed by atoms with van der Waals surface area (Å²) in [6.07, 6.45) is 4.57. The second-order valence-electron chi connectivity index (χ2n) is 3.47. The summed E-state index contributed by atoms with van der Waals surface area (Å²) in [5.74, 6) is 0.462. The number of hydrogen-bond acceptors (Lipinski definition) is 3. The van der Waals surface area contributed by atoms with E-state index in [2.05, 4.69) is 6.08 Å². The van der Waals surface area contributed by atoms with Gasteiger partial charge in [0.2, 0.25) is 0 Å². The Bertz CT molecular complexity index is 168. The van der Waals surface area contributed by atoms with Crippen LogP contribution in [0.4, 0.5) is 0 Å². The number of methoxy groups -OCH3 is 2. The molecule has 0 bridgehead atoms. The van der Waals surface area contributed by atoms with Crippen LogP contribution in [0, 0.1) is 11.8 Å². The summed E-state index contributed by atoms with van der Waals surface area (Å²) >= 11 is 0. The van der Waals surface area contributed by atoms with E-state index in [0.29, 0.717) is 13.2 Å². The number of aliphatic hydroxyl groups is 1. The van der Waals surface area contributed by atoms with Gasteiger partial charge in [0.05, 0.1) is 19.3 Å². The maximum atomic E-state index is 9.71. The molecule has 0 saturated carbocycles. The lowest BCUT2D eigenvalue weighted by Crippen LogP contribution is -2.35. The molecule has 0 spiro atoms. The molecule has 0 aromatic rings. The molecule has 1 aliphatic carbocycles. The molecule has 1 aliphatic rings. The van der Waals surface area contributed by atoms with Gasteiger partial charge in [-0.3, -0.25) is 0 Å². The molecular formula is C10H18O3. The number of ether oxygens (including phenoxy) is 2. The van der Waals surface area contributed by atoms with Crippen molar-refractivity contribution in [3.8, 4) is 0 Å². The molecule has 3 nitrogen and oxygen atoms in total. The second kappa shape index (κ2) is 5.37. The van der Waals surface area contributed by atoms with Crippen LogP contribution in [-0.4, -0.2) is 38.6 Å². The van der Waals surface area contributed by atoms with Crippen LogP contribution in [0.2, 0.25) is 0 Å². The Hall–Kier alpha value is -0.380. The van der Waals surface area contributed by atoms with E-state index in [1.807, 2.05) is 6.08 Å². The Labute approximate surface area is 79.3 Å². The topological polar surface area (TPSA) is 38.7 Å². The van der Waals surface area contributed by atoms with Gasteiger partial charge in [-0.2, -0.15) is 0 Å². The van der Waals surface area contributed by atoms with Gasteiger partial charge in [-0.05, 0) is 6.42 Å². The van der Waals surface area contributed by atoms with Gasteiger partial charge in [-0.1, -0.05) is 12.2 Å². The van der Waals surface area contributed by atoms with E-state index >= 15 is 0 Å². The van der Waals surface area contributed by atoms with Gasteiger partial charge in [0.1, 0.15) is 0 Å². The molecule has 76 valence electrons. The Kier molecular flexibility index (Phi) is 4.42. The van der Waals surface area contributed by atoms with Gasteiger partial charge in [0, 0.05) is 26.1 Å². The monoisotopic (exact) mass is 186 g/mol. The molecule has 1 N–H and O–H groups in total. The molecule has 1 rings (SSSR count). The SMILES string of the molecule is COC[C@H]1[C@@H](O)CC=C[C@H]1COC. The zero-order chi connectivity index (χ0) is 9.68. The number of hydrogen-bond donors (Lipinski definition) is 1. The predicted molar refractivity (Wildman–Crippen MR) is 50.5 cm³/mol. The molecule has 3 heteroatoms. The third kappa shape index (κ3) is 2.79. The van der Waals surface area contributed by atoms with E-state index in [9.17, 15) is 5.11 Å². The summed E-state index contributed by atoms with van der Waals surface area (Å²) < 4.78 is 10.2. The third-order valence-electron chi connectivity index (χ3n) is 2.52. The van der Waals surface area contributed by atoms with E-state index in [1.54, 1.807) is 14.2 Å². The molecule has 0 aromatic carbocycles. The lowest BCUT2D eigenvalue weighted by Gasteiger charge is -2.30. The summed E-state index contributed by atoms with van der Waals surface area (Å²) in [6.45, 7) is 1.25. The number of aliphatic hydroxyl groups excluding tert-OH is 1. The van der Waals surface area contributed by atoms with Gasteiger partial charge in [0.15, 0.2) is 0 Å². The minimum absolute atomic E-state index is 0.176. The van der Waals surface area contributed by atoms with Crippen molar-refractivity contribution >= 4 is 0 Å². The molecule has 0 amide bonds. The van der Waals surface area contributed by atoms with Crippen molar-refractivity contribution in [1.82, 2.24) is 0 Å². The highest BCUT2D eigenvalue weighted by atomic mass is 16.5. The zero-order valence-corrected chi connectivity index (χ0v) is 8.27. The van der Waals surface area contributed by atoms with Crippen molar-refractivity contribution in [1.29, 1.82) is 0 Å². The lowest BCUT2D eigenvalue weighted by atomic mass is 9.83.